The minimum atomic E-state index is -0.233. The number of hydrogen-bond donors (Lipinski definition) is 1. The largest absolute Gasteiger partial charge is 0.456 e. The van der Waals surface area contributed by atoms with Crippen molar-refractivity contribution in [2.75, 3.05) is 13.1 Å². The Hall–Kier alpha value is -2.35. The van der Waals surface area contributed by atoms with E-state index in [4.69, 9.17) is 4.42 Å². The van der Waals surface area contributed by atoms with Gasteiger partial charge in [0.2, 0.25) is 5.91 Å². The lowest BCUT2D eigenvalue weighted by atomic mass is 10.0. The van der Waals surface area contributed by atoms with Crippen LogP contribution in [0, 0.1) is 6.92 Å². The van der Waals surface area contributed by atoms with Gasteiger partial charge in [0.05, 0.1) is 0 Å². The maximum Gasteiger partial charge on any atom is 0.287 e. The minimum absolute atomic E-state index is 0.00514. The minimum Gasteiger partial charge on any atom is -0.456 e. The third kappa shape index (κ3) is 4.43. The number of rotatable bonds is 4. The number of pyridine rings is 1. The highest BCUT2D eigenvalue weighted by Gasteiger charge is 2.25. The standard InChI is InChI=1S/C18H20BrN3O4/c1-12-2-4-15(26-12)18(25)20-14-6-8-21(9-7-14)17(24)11-22-10-13(19)3-5-16(22)23/h2-5,10,14H,6-9,11H2,1H3,(H,20,25). The number of amides is 2. The molecule has 3 rings (SSSR count). The Labute approximate surface area is 159 Å². The van der Waals surface area contributed by atoms with Crippen molar-refractivity contribution in [1.82, 2.24) is 14.8 Å². The van der Waals surface area contributed by atoms with Crippen molar-refractivity contribution in [2.24, 2.45) is 0 Å². The summed E-state index contributed by atoms with van der Waals surface area (Å²) in [5.41, 5.74) is -0.211. The smallest absolute Gasteiger partial charge is 0.287 e. The van der Waals surface area contributed by atoms with E-state index in [9.17, 15) is 14.4 Å². The van der Waals surface area contributed by atoms with Crippen LogP contribution in [-0.4, -0.2) is 40.4 Å². The first kappa shape index (κ1) is 18.4. The molecule has 2 aromatic rings. The first-order valence-electron chi connectivity index (χ1n) is 8.43. The summed E-state index contributed by atoms with van der Waals surface area (Å²) in [5, 5.41) is 2.94. The number of furan rings is 1. The summed E-state index contributed by atoms with van der Waals surface area (Å²) >= 11 is 3.30. The molecule has 0 bridgehead atoms. The number of carbonyl (C=O) groups is 2. The van der Waals surface area contributed by atoms with Crippen LogP contribution >= 0.6 is 15.9 Å². The fourth-order valence-electron chi connectivity index (χ4n) is 2.96. The van der Waals surface area contributed by atoms with Gasteiger partial charge in [0.1, 0.15) is 12.3 Å². The topological polar surface area (TPSA) is 84.5 Å². The number of aromatic nitrogens is 1. The molecule has 1 saturated heterocycles. The number of nitrogens with one attached hydrogen (secondary N) is 1. The van der Waals surface area contributed by atoms with E-state index in [-0.39, 0.29) is 30.0 Å². The van der Waals surface area contributed by atoms with Gasteiger partial charge in [-0.3, -0.25) is 14.4 Å². The summed E-state index contributed by atoms with van der Waals surface area (Å²) in [6, 6.07) is 6.48. The van der Waals surface area contributed by atoms with Crippen molar-refractivity contribution in [3.63, 3.8) is 0 Å². The van der Waals surface area contributed by atoms with Gasteiger partial charge < -0.3 is 19.2 Å². The van der Waals surface area contributed by atoms with Gasteiger partial charge in [-0.15, -0.1) is 0 Å². The van der Waals surface area contributed by atoms with E-state index < -0.39 is 0 Å². The predicted octanol–water partition coefficient (Wildman–Crippen LogP) is 1.93. The van der Waals surface area contributed by atoms with Gasteiger partial charge in [0.25, 0.3) is 11.5 Å². The van der Waals surface area contributed by atoms with E-state index in [0.717, 1.165) is 4.47 Å². The summed E-state index contributed by atoms with van der Waals surface area (Å²) in [6.45, 7) is 2.89. The van der Waals surface area contributed by atoms with Crippen molar-refractivity contribution in [1.29, 1.82) is 0 Å². The van der Waals surface area contributed by atoms with Crippen LogP contribution in [0.15, 0.2) is 44.1 Å². The van der Waals surface area contributed by atoms with Gasteiger partial charge in [-0.2, -0.15) is 0 Å². The highest BCUT2D eigenvalue weighted by atomic mass is 79.9. The second-order valence-electron chi connectivity index (χ2n) is 6.35. The van der Waals surface area contributed by atoms with Crippen LogP contribution in [0.3, 0.4) is 0 Å². The molecule has 0 aliphatic carbocycles. The molecule has 26 heavy (non-hydrogen) atoms. The fraction of sp³-hybridized carbons (Fsp3) is 0.389. The summed E-state index contributed by atoms with van der Waals surface area (Å²) in [6.07, 6.45) is 2.95. The highest BCUT2D eigenvalue weighted by molar-refractivity contribution is 9.10. The first-order chi connectivity index (χ1) is 12.4. The number of aryl methyl sites for hydroxylation is 1. The number of piperidine rings is 1. The van der Waals surface area contributed by atoms with Crippen molar-refractivity contribution in [3.8, 4) is 0 Å². The maximum absolute atomic E-state index is 12.4. The highest BCUT2D eigenvalue weighted by Crippen LogP contribution is 2.13. The summed E-state index contributed by atoms with van der Waals surface area (Å²) < 4.78 is 7.46. The number of nitrogens with zero attached hydrogens (tertiary/aromatic N) is 2. The molecule has 7 nitrogen and oxygen atoms in total. The monoisotopic (exact) mass is 421 g/mol. The lowest BCUT2D eigenvalue weighted by Crippen LogP contribution is -2.47. The SMILES string of the molecule is Cc1ccc(C(=O)NC2CCN(C(=O)Cn3cc(Br)ccc3=O)CC2)o1. The molecule has 3 heterocycles. The molecule has 8 heteroatoms. The molecule has 0 atom stereocenters. The quantitative estimate of drug-likeness (QED) is 0.816. The van der Waals surface area contributed by atoms with Crippen LogP contribution in [0.2, 0.25) is 0 Å². The molecular weight excluding hydrogens is 402 g/mol. The van der Waals surface area contributed by atoms with Crippen LogP contribution < -0.4 is 10.9 Å². The molecule has 1 fully saturated rings. The molecule has 1 aliphatic rings. The average molecular weight is 422 g/mol. The van der Waals surface area contributed by atoms with Crippen LogP contribution in [0.4, 0.5) is 0 Å². The van der Waals surface area contributed by atoms with E-state index in [1.807, 2.05) is 0 Å². The number of likely N-dealkylation sites (tertiary alicyclic amines) is 1. The fourth-order valence-corrected chi connectivity index (χ4v) is 3.34. The average Bonchev–Trinajstić information content (AvgIpc) is 3.05. The Kier molecular flexibility index (Phi) is 5.61. The zero-order valence-electron chi connectivity index (χ0n) is 14.4. The van der Waals surface area contributed by atoms with E-state index in [2.05, 4.69) is 21.2 Å². The maximum atomic E-state index is 12.4. The molecule has 0 saturated carbocycles. The Morgan fingerprint density at radius 3 is 2.62 bits per heavy atom. The van der Waals surface area contributed by atoms with E-state index in [1.54, 1.807) is 36.2 Å². The molecular formula is C18H20BrN3O4. The van der Waals surface area contributed by atoms with E-state index >= 15 is 0 Å². The Balaban J connectivity index is 1.51. The van der Waals surface area contributed by atoms with Gasteiger partial charge >= 0.3 is 0 Å². The van der Waals surface area contributed by atoms with Crippen molar-refractivity contribution in [3.05, 3.63) is 56.8 Å². The zero-order chi connectivity index (χ0) is 18.7. The zero-order valence-corrected chi connectivity index (χ0v) is 16.0. The third-order valence-electron chi connectivity index (χ3n) is 4.40. The normalized spacial score (nSPS) is 15.1. The molecule has 1 aliphatic heterocycles. The second kappa shape index (κ2) is 7.90. The van der Waals surface area contributed by atoms with E-state index in [1.165, 1.54) is 10.6 Å². The Morgan fingerprint density at radius 2 is 1.96 bits per heavy atom. The predicted molar refractivity (Wildman–Crippen MR) is 98.9 cm³/mol. The van der Waals surface area contributed by atoms with Gasteiger partial charge in [-0.25, -0.2) is 0 Å². The van der Waals surface area contributed by atoms with Crippen LogP contribution in [-0.2, 0) is 11.3 Å². The first-order valence-corrected chi connectivity index (χ1v) is 9.23. The summed E-state index contributed by atoms with van der Waals surface area (Å²) in [4.78, 5) is 38.1. The van der Waals surface area contributed by atoms with Gasteiger partial charge in [0, 0.05) is 35.9 Å². The van der Waals surface area contributed by atoms with Crippen molar-refractivity contribution >= 4 is 27.7 Å². The molecule has 2 aromatic heterocycles. The summed E-state index contributed by atoms with van der Waals surface area (Å²) in [5.74, 6) is 0.661. The van der Waals surface area contributed by atoms with Crippen LogP contribution in [0.5, 0.6) is 0 Å². The van der Waals surface area contributed by atoms with E-state index in [0.29, 0.717) is 37.5 Å². The van der Waals surface area contributed by atoms with Crippen molar-refractivity contribution < 1.29 is 14.0 Å². The third-order valence-corrected chi connectivity index (χ3v) is 4.87. The number of carbonyl (C=O) groups excluding carboxylic acids is 2. The molecule has 138 valence electrons. The molecule has 0 radical (unpaired) electrons. The summed E-state index contributed by atoms with van der Waals surface area (Å²) in [7, 11) is 0. The number of halogens is 1. The second-order valence-corrected chi connectivity index (χ2v) is 7.27. The number of hydrogen-bond acceptors (Lipinski definition) is 4. The molecule has 0 aromatic carbocycles. The Morgan fingerprint density at radius 1 is 1.23 bits per heavy atom. The lowest BCUT2D eigenvalue weighted by molar-refractivity contribution is -0.133. The molecule has 0 spiro atoms. The molecule has 2 amide bonds. The van der Waals surface area contributed by atoms with Gasteiger partial charge in [0.15, 0.2) is 5.76 Å². The Bertz CT molecular complexity index is 865. The molecule has 0 unspecified atom stereocenters. The van der Waals surface area contributed by atoms with Crippen LogP contribution in [0.1, 0.15) is 29.2 Å². The van der Waals surface area contributed by atoms with Crippen molar-refractivity contribution in [2.45, 2.75) is 32.4 Å². The lowest BCUT2D eigenvalue weighted by Gasteiger charge is -2.32. The van der Waals surface area contributed by atoms with Crippen LogP contribution in [0.25, 0.3) is 0 Å². The van der Waals surface area contributed by atoms with Gasteiger partial charge in [-0.05, 0) is 53.9 Å². The van der Waals surface area contributed by atoms with Gasteiger partial charge in [-0.1, -0.05) is 0 Å². The molecule has 1 N–H and O–H groups in total.